The molecule has 0 aromatic carbocycles. The third-order valence-corrected chi connectivity index (χ3v) is 5.07. The van der Waals surface area contributed by atoms with Crippen LogP contribution in [0.2, 0.25) is 0 Å². The highest BCUT2D eigenvalue weighted by Gasteiger charge is 2.31. The van der Waals surface area contributed by atoms with Gasteiger partial charge in [0.15, 0.2) is 5.03 Å². The molecule has 6 heteroatoms. The molecule has 21 heavy (non-hydrogen) atoms. The molecular formula is C15H27N3O2S. The lowest BCUT2D eigenvalue weighted by atomic mass is 9.86. The Morgan fingerprint density at radius 1 is 1.29 bits per heavy atom. The van der Waals surface area contributed by atoms with E-state index in [1.807, 2.05) is 0 Å². The van der Waals surface area contributed by atoms with E-state index in [1.165, 1.54) is 16.6 Å². The number of hydrogen-bond donors (Lipinski definition) is 1. The predicted octanol–water partition coefficient (Wildman–Crippen LogP) is 2.11. The lowest BCUT2D eigenvalue weighted by Gasteiger charge is -2.35. The van der Waals surface area contributed by atoms with E-state index in [-0.39, 0.29) is 16.5 Å². The molecule has 0 spiro atoms. The fourth-order valence-electron chi connectivity index (χ4n) is 1.99. The number of likely N-dealkylation sites (N-methyl/N-ethyl adjacent to an activating group) is 1. The second-order valence-corrected chi connectivity index (χ2v) is 8.69. The van der Waals surface area contributed by atoms with Crippen molar-refractivity contribution in [1.82, 2.24) is 14.6 Å². The lowest BCUT2D eigenvalue weighted by Crippen LogP contribution is -2.51. The molecule has 1 rings (SSSR count). The highest BCUT2D eigenvalue weighted by Crippen LogP contribution is 2.22. The molecule has 1 N–H and O–H groups in total. The first kappa shape index (κ1) is 18.1. The van der Waals surface area contributed by atoms with Crippen molar-refractivity contribution in [2.24, 2.45) is 5.41 Å². The van der Waals surface area contributed by atoms with Gasteiger partial charge in [0.2, 0.25) is 0 Å². The van der Waals surface area contributed by atoms with Gasteiger partial charge in [0, 0.05) is 31.9 Å². The Hall–Kier alpha value is -0.980. The van der Waals surface area contributed by atoms with E-state index >= 15 is 0 Å². The molecule has 1 aromatic heterocycles. The zero-order valence-electron chi connectivity index (χ0n) is 13.8. The molecule has 0 unspecified atom stereocenters. The van der Waals surface area contributed by atoms with Gasteiger partial charge in [0.25, 0.3) is 10.0 Å². The van der Waals surface area contributed by atoms with Gasteiger partial charge in [0.1, 0.15) is 0 Å². The van der Waals surface area contributed by atoms with Gasteiger partial charge in [-0.3, -0.25) is 0 Å². The second kappa shape index (κ2) is 6.85. The van der Waals surface area contributed by atoms with E-state index in [0.29, 0.717) is 12.6 Å². The maximum atomic E-state index is 12.5. The summed E-state index contributed by atoms with van der Waals surface area (Å²) in [5.41, 5.74) is -0.0435. The van der Waals surface area contributed by atoms with Gasteiger partial charge < -0.3 is 5.32 Å². The Morgan fingerprint density at radius 2 is 1.90 bits per heavy atom. The van der Waals surface area contributed by atoms with E-state index in [9.17, 15) is 8.42 Å². The summed E-state index contributed by atoms with van der Waals surface area (Å²) in [5, 5.41) is 3.54. The summed E-state index contributed by atoms with van der Waals surface area (Å²) in [5.74, 6) is 0. The van der Waals surface area contributed by atoms with Crippen LogP contribution in [0.1, 0.15) is 34.6 Å². The molecule has 0 aliphatic carbocycles. The second-order valence-electron chi connectivity index (χ2n) is 6.69. The summed E-state index contributed by atoms with van der Waals surface area (Å²) in [4.78, 5) is 3.95. The zero-order valence-corrected chi connectivity index (χ0v) is 14.6. The number of rotatable bonds is 6. The van der Waals surface area contributed by atoms with Crippen LogP contribution in [0.5, 0.6) is 0 Å². The Bertz CT molecular complexity index is 536. The number of aromatic nitrogens is 1. The molecule has 0 aliphatic rings. The first-order valence-electron chi connectivity index (χ1n) is 7.18. The summed E-state index contributed by atoms with van der Waals surface area (Å²) >= 11 is 0. The van der Waals surface area contributed by atoms with Crippen LogP contribution in [0.25, 0.3) is 0 Å². The molecule has 0 aliphatic heterocycles. The maximum absolute atomic E-state index is 12.5. The fraction of sp³-hybridized carbons (Fsp3) is 0.667. The molecule has 5 nitrogen and oxygen atoms in total. The van der Waals surface area contributed by atoms with Crippen LogP contribution in [-0.4, -0.2) is 43.4 Å². The van der Waals surface area contributed by atoms with Crippen LogP contribution < -0.4 is 5.32 Å². The van der Waals surface area contributed by atoms with Crippen LogP contribution in [0.4, 0.5) is 0 Å². The fourth-order valence-corrected chi connectivity index (χ4v) is 3.10. The normalized spacial score (nSPS) is 14.7. The average Bonchev–Trinajstić information content (AvgIpc) is 2.37. The molecule has 0 radical (unpaired) electrons. The summed E-state index contributed by atoms with van der Waals surface area (Å²) in [6.45, 7) is 10.8. The molecule has 0 bridgehead atoms. The highest BCUT2D eigenvalue weighted by atomic mass is 32.2. The smallest absolute Gasteiger partial charge is 0.260 e. The van der Waals surface area contributed by atoms with Crippen LogP contribution in [-0.2, 0) is 10.0 Å². The molecule has 1 heterocycles. The van der Waals surface area contributed by atoms with E-state index < -0.39 is 10.0 Å². The standard InChI is InChI=1S/C15H27N3O2S/c1-12(2)17-13(15(3,4)5)11-18(6)21(19,20)14-9-7-8-10-16-14/h7-10,12-13,17H,11H2,1-6H3/t13-/m1/s1. The van der Waals surface area contributed by atoms with E-state index in [4.69, 9.17) is 0 Å². The van der Waals surface area contributed by atoms with Crippen LogP contribution in [0.15, 0.2) is 29.4 Å². The van der Waals surface area contributed by atoms with Gasteiger partial charge in [-0.15, -0.1) is 0 Å². The summed E-state index contributed by atoms with van der Waals surface area (Å²) in [6.07, 6.45) is 1.49. The third-order valence-electron chi connectivity index (χ3n) is 3.33. The maximum Gasteiger partial charge on any atom is 0.260 e. The van der Waals surface area contributed by atoms with Crippen molar-refractivity contribution in [3.05, 3.63) is 24.4 Å². The molecule has 0 saturated carbocycles. The Labute approximate surface area is 128 Å². The summed E-state index contributed by atoms with van der Waals surface area (Å²) < 4.78 is 26.4. The van der Waals surface area contributed by atoms with Gasteiger partial charge in [0.05, 0.1) is 0 Å². The highest BCUT2D eigenvalue weighted by molar-refractivity contribution is 7.89. The van der Waals surface area contributed by atoms with Crippen molar-refractivity contribution in [2.75, 3.05) is 13.6 Å². The monoisotopic (exact) mass is 313 g/mol. The van der Waals surface area contributed by atoms with Crippen molar-refractivity contribution in [3.8, 4) is 0 Å². The van der Waals surface area contributed by atoms with E-state index in [0.717, 1.165) is 0 Å². The number of pyridine rings is 1. The van der Waals surface area contributed by atoms with E-state index in [2.05, 4.69) is 44.9 Å². The first-order chi connectivity index (χ1) is 9.55. The lowest BCUT2D eigenvalue weighted by molar-refractivity contribution is 0.223. The van der Waals surface area contributed by atoms with Crippen molar-refractivity contribution in [3.63, 3.8) is 0 Å². The summed E-state index contributed by atoms with van der Waals surface area (Å²) in [7, 11) is -1.95. The van der Waals surface area contributed by atoms with Gasteiger partial charge in [-0.05, 0) is 17.5 Å². The number of hydrogen-bond acceptors (Lipinski definition) is 4. The largest absolute Gasteiger partial charge is 0.310 e. The molecular weight excluding hydrogens is 286 g/mol. The quantitative estimate of drug-likeness (QED) is 0.874. The van der Waals surface area contributed by atoms with Crippen molar-refractivity contribution in [2.45, 2.75) is 51.7 Å². The van der Waals surface area contributed by atoms with Gasteiger partial charge in [-0.25, -0.2) is 13.4 Å². The molecule has 0 amide bonds. The Balaban J connectivity index is 2.94. The Morgan fingerprint density at radius 3 is 2.33 bits per heavy atom. The first-order valence-corrected chi connectivity index (χ1v) is 8.62. The third kappa shape index (κ3) is 5.05. The molecule has 1 atom stereocenters. The van der Waals surface area contributed by atoms with Crippen molar-refractivity contribution < 1.29 is 8.42 Å². The van der Waals surface area contributed by atoms with Crippen LogP contribution >= 0.6 is 0 Å². The van der Waals surface area contributed by atoms with Gasteiger partial charge >= 0.3 is 0 Å². The zero-order chi connectivity index (χ0) is 16.3. The van der Waals surface area contributed by atoms with Crippen molar-refractivity contribution in [1.29, 1.82) is 0 Å². The number of nitrogens with zero attached hydrogens (tertiary/aromatic N) is 2. The summed E-state index contributed by atoms with van der Waals surface area (Å²) in [6, 6.07) is 5.26. The molecule has 1 aromatic rings. The van der Waals surface area contributed by atoms with Gasteiger partial charge in [-0.1, -0.05) is 40.7 Å². The van der Waals surface area contributed by atoms with Gasteiger partial charge in [-0.2, -0.15) is 4.31 Å². The van der Waals surface area contributed by atoms with E-state index in [1.54, 1.807) is 19.2 Å². The minimum atomic E-state index is -3.55. The average molecular weight is 313 g/mol. The predicted molar refractivity (Wildman–Crippen MR) is 85.6 cm³/mol. The molecule has 0 fully saturated rings. The van der Waals surface area contributed by atoms with Crippen LogP contribution in [0.3, 0.4) is 0 Å². The number of nitrogens with one attached hydrogen (secondary N) is 1. The minimum absolute atomic E-state index is 0.0435. The number of sulfonamides is 1. The SMILES string of the molecule is CC(C)N[C@H](CN(C)S(=O)(=O)c1ccccn1)C(C)(C)C. The molecule has 0 saturated heterocycles. The van der Waals surface area contributed by atoms with Crippen LogP contribution in [0, 0.1) is 5.41 Å². The topological polar surface area (TPSA) is 62.3 Å². The molecule has 120 valence electrons. The Kier molecular flexibility index (Phi) is 5.90. The minimum Gasteiger partial charge on any atom is -0.310 e. The van der Waals surface area contributed by atoms with Crippen molar-refractivity contribution >= 4 is 10.0 Å².